The quantitative estimate of drug-likeness (QED) is 0.256. The highest BCUT2D eigenvalue weighted by molar-refractivity contribution is 6.02. The van der Waals surface area contributed by atoms with Gasteiger partial charge >= 0.3 is 0 Å². The molecule has 0 aromatic rings. The molecule has 1 rings (SSSR count). The van der Waals surface area contributed by atoms with Crippen LogP contribution in [0.25, 0.3) is 0 Å². The van der Waals surface area contributed by atoms with Crippen molar-refractivity contribution in [1.82, 2.24) is 4.90 Å². The number of primary amides is 1. The summed E-state index contributed by atoms with van der Waals surface area (Å²) in [6.45, 7) is 2.59. The Morgan fingerprint density at radius 1 is 1.53 bits per heavy atom. The lowest BCUT2D eigenvalue weighted by molar-refractivity contribution is -0.132. The summed E-state index contributed by atoms with van der Waals surface area (Å²) in [5.74, 6) is -1.63. The van der Waals surface area contributed by atoms with Crippen molar-refractivity contribution in [1.29, 1.82) is 0 Å². The van der Waals surface area contributed by atoms with Crippen molar-refractivity contribution in [3.63, 3.8) is 0 Å². The molecule has 0 bridgehead atoms. The fraction of sp³-hybridized carbons (Fsp3) is 0.700. The van der Waals surface area contributed by atoms with Crippen molar-refractivity contribution in [2.45, 2.75) is 19.8 Å². The molecule has 1 fully saturated rings. The van der Waals surface area contributed by atoms with Gasteiger partial charge in [0.15, 0.2) is 5.84 Å². The second-order valence-corrected chi connectivity index (χ2v) is 4.16. The predicted octanol–water partition coefficient (Wildman–Crippen LogP) is -0.907. The van der Waals surface area contributed by atoms with Crippen LogP contribution in [0.15, 0.2) is 5.16 Å². The maximum absolute atomic E-state index is 12.0. The first-order valence-corrected chi connectivity index (χ1v) is 5.56. The molecule has 1 saturated heterocycles. The van der Waals surface area contributed by atoms with E-state index in [4.69, 9.17) is 16.7 Å². The SMILES string of the molecule is CCC(C(=O)N1CCC(C(N)=O)C1)C(N)=NO. The maximum atomic E-state index is 12.0. The first-order valence-electron chi connectivity index (χ1n) is 5.56. The molecule has 0 saturated carbocycles. The summed E-state index contributed by atoms with van der Waals surface area (Å²) in [6.07, 6.45) is 1.03. The summed E-state index contributed by atoms with van der Waals surface area (Å²) >= 11 is 0. The Bertz CT molecular complexity index is 342. The highest BCUT2D eigenvalue weighted by Gasteiger charge is 2.33. The number of nitrogens with two attached hydrogens (primary N) is 2. The van der Waals surface area contributed by atoms with Crippen LogP contribution in [0.5, 0.6) is 0 Å². The molecule has 1 aliphatic rings. The van der Waals surface area contributed by atoms with Crippen LogP contribution in [-0.2, 0) is 9.59 Å². The number of hydrogen-bond acceptors (Lipinski definition) is 4. The van der Waals surface area contributed by atoms with E-state index >= 15 is 0 Å². The molecule has 96 valence electrons. The van der Waals surface area contributed by atoms with Crippen molar-refractivity contribution in [2.75, 3.05) is 13.1 Å². The summed E-state index contributed by atoms with van der Waals surface area (Å²) in [5, 5.41) is 11.4. The van der Waals surface area contributed by atoms with Crippen LogP contribution in [-0.4, -0.2) is 40.8 Å². The first-order chi connectivity index (χ1) is 8.01. The Hall–Kier alpha value is -1.79. The van der Waals surface area contributed by atoms with E-state index in [0.29, 0.717) is 25.9 Å². The van der Waals surface area contributed by atoms with Crippen molar-refractivity contribution >= 4 is 17.6 Å². The third kappa shape index (κ3) is 2.86. The van der Waals surface area contributed by atoms with Crippen LogP contribution in [0.1, 0.15) is 19.8 Å². The third-order valence-corrected chi connectivity index (χ3v) is 3.08. The number of carbonyl (C=O) groups is 2. The number of amidine groups is 1. The highest BCUT2D eigenvalue weighted by Crippen LogP contribution is 2.19. The lowest BCUT2D eigenvalue weighted by Crippen LogP contribution is -2.41. The zero-order chi connectivity index (χ0) is 13.0. The first kappa shape index (κ1) is 13.3. The molecule has 2 amide bonds. The number of hydrogen-bond donors (Lipinski definition) is 3. The summed E-state index contributed by atoms with van der Waals surface area (Å²) in [7, 11) is 0. The van der Waals surface area contributed by atoms with Crippen LogP contribution in [0, 0.1) is 11.8 Å². The van der Waals surface area contributed by atoms with E-state index in [1.165, 1.54) is 0 Å². The minimum atomic E-state index is -0.633. The van der Waals surface area contributed by atoms with E-state index in [1.807, 2.05) is 0 Å². The molecule has 7 nitrogen and oxygen atoms in total. The standard InChI is InChI=1S/C10H18N4O3/c1-2-7(8(11)13-17)10(16)14-4-3-6(5-14)9(12)15/h6-7,17H,2-5H2,1H3,(H2,11,13)(H2,12,15). The Morgan fingerprint density at radius 2 is 2.18 bits per heavy atom. The monoisotopic (exact) mass is 242 g/mol. The predicted molar refractivity (Wildman–Crippen MR) is 61.1 cm³/mol. The van der Waals surface area contributed by atoms with Crippen molar-refractivity contribution in [3.8, 4) is 0 Å². The van der Waals surface area contributed by atoms with Gasteiger partial charge in [-0.25, -0.2) is 0 Å². The normalized spacial score (nSPS) is 22.5. The molecule has 7 heteroatoms. The highest BCUT2D eigenvalue weighted by atomic mass is 16.4. The van der Waals surface area contributed by atoms with Crippen molar-refractivity contribution < 1.29 is 14.8 Å². The zero-order valence-corrected chi connectivity index (χ0v) is 9.80. The van der Waals surface area contributed by atoms with Crippen LogP contribution < -0.4 is 11.5 Å². The van der Waals surface area contributed by atoms with Gasteiger partial charge in [-0.3, -0.25) is 9.59 Å². The van der Waals surface area contributed by atoms with E-state index in [-0.39, 0.29) is 17.7 Å². The van der Waals surface area contributed by atoms with Gasteiger partial charge in [0.25, 0.3) is 0 Å². The van der Waals surface area contributed by atoms with E-state index in [1.54, 1.807) is 11.8 Å². The average Bonchev–Trinajstić information content (AvgIpc) is 2.78. The Labute approximate surface area is 99.4 Å². The van der Waals surface area contributed by atoms with E-state index in [2.05, 4.69) is 5.16 Å². The van der Waals surface area contributed by atoms with Crippen LogP contribution in [0.4, 0.5) is 0 Å². The van der Waals surface area contributed by atoms with Gasteiger partial charge in [0.1, 0.15) is 0 Å². The van der Waals surface area contributed by atoms with Gasteiger partial charge in [-0.05, 0) is 12.8 Å². The van der Waals surface area contributed by atoms with Gasteiger partial charge in [-0.15, -0.1) is 0 Å². The lowest BCUT2D eigenvalue weighted by Gasteiger charge is -2.21. The summed E-state index contributed by atoms with van der Waals surface area (Å²) in [6, 6.07) is 0. The Kier molecular flexibility index (Phi) is 4.30. The van der Waals surface area contributed by atoms with Crippen LogP contribution >= 0.6 is 0 Å². The van der Waals surface area contributed by atoms with E-state index in [9.17, 15) is 9.59 Å². The zero-order valence-electron chi connectivity index (χ0n) is 9.80. The van der Waals surface area contributed by atoms with E-state index in [0.717, 1.165) is 0 Å². The smallest absolute Gasteiger partial charge is 0.233 e. The average molecular weight is 242 g/mol. The second-order valence-electron chi connectivity index (χ2n) is 4.16. The Balaban J connectivity index is 2.68. The fourth-order valence-corrected chi connectivity index (χ4v) is 1.99. The largest absolute Gasteiger partial charge is 0.409 e. The lowest BCUT2D eigenvalue weighted by atomic mass is 10.0. The van der Waals surface area contributed by atoms with Crippen LogP contribution in [0.2, 0.25) is 0 Å². The van der Waals surface area contributed by atoms with Crippen molar-refractivity contribution in [3.05, 3.63) is 0 Å². The molecule has 17 heavy (non-hydrogen) atoms. The molecule has 2 unspecified atom stereocenters. The second kappa shape index (κ2) is 5.51. The molecule has 1 aliphatic heterocycles. The topological polar surface area (TPSA) is 122 Å². The number of carbonyl (C=O) groups excluding carboxylic acids is 2. The fourth-order valence-electron chi connectivity index (χ4n) is 1.99. The van der Waals surface area contributed by atoms with Gasteiger partial charge in [0.05, 0.1) is 11.8 Å². The van der Waals surface area contributed by atoms with Gasteiger partial charge in [-0.2, -0.15) is 0 Å². The molecule has 0 spiro atoms. The summed E-state index contributed by atoms with van der Waals surface area (Å²) in [4.78, 5) is 24.6. The molecule has 2 atom stereocenters. The number of oxime groups is 1. The molecule has 0 aliphatic carbocycles. The third-order valence-electron chi connectivity index (χ3n) is 3.08. The molecule has 5 N–H and O–H groups in total. The van der Waals surface area contributed by atoms with Gasteiger partial charge < -0.3 is 21.6 Å². The van der Waals surface area contributed by atoms with Gasteiger partial charge in [-0.1, -0.05) is 12.1 Å². The van der Waals surface area contributed by atoms with Crippen molar-refractivity contribution in [2.24, 2.45) is 28.5 Å². The van der Waals surface area contributed by atoms with Crippen LogP contribution in [0.3, 0.4) is 0 Å². The maximum Gasteiger partial charge on any atom is 0.233 e. The number of amides is 2. The molecule has 0 radical (unpaired) electrons. The molecule has 1 heterocycles. The summed E-state index contributed by atoms with van der Waals surface area (Å²) < 4.78 is 0. The summed E-state index contributed by atoms with van der Waals surface area (Å²) in [5.41, 5.74) is 10.6. The number of rotatable bonds is 4. The minimum absolute atomic E-state index is 0.0972. The van der Waals surface area contributed by atoms with E-state index < -0.39 is 11.8 Å². The molecular weight excluding hydrogens is 224 g/mol. The number of nitrogens with zero attached hydrogens (tertiary/aromatic N) is 2. The Morgan fingerprint density at radius 3 is 2.59 bits per heavy atom. The van der Waals surface area contributed by atoms with Gasteiger partial charge in [0, 0.05) is 13.1 Å². The number of likely N-dealkylation sites (tertiary alicyclic amines) is 1. The minimum Gasteiger partial charge on any atom is -0.409 e. The molecule has 0 aromatic carbocycles. The molecule has 0 aromatic heterocycles. The van der Waals surface area contributed by atoms with Gasteiger partial charge in [0.2, 0.25) is 11.8 Å². The molecular formula is C10H18N4O3.